The Bertz CT molecular complexity index is 1450. The second-order valence-electron chi connectivity index (χ2n) is 9.45. The van der Waals surface area contributed by atoms with E-state index < -0.39 is 23.8 Å². The molecule has 1 heterocycles. The van der Waals surface area contributed by atoms with Crippen LogP contribution in [0, 0.1) is 17.1 Å². The summed E-state index contributed by atoms with van der Waals surface area (Å²) in [7, 11) is 0. The second-order valence-corrected chi connectivity index (χ2v) is 9.45. The van der Waals surface area contributed by atoms with Gasteiger partial charge in [0, 0.05) is 11.6 Å². The number of hydrogen-bond donors (Lipinski definition) is 1. The molecule has 2 unspecified atom stereocenters. The maximum Gasteiger partial charge on any atom is 0.352 e. The molecule has 9 heteroatoms. The van der Waals surface area contributed by atoms with Crippen molar-refractivity contribution in [2.24, 2.45) is 5.73 Å². The number of nitrogens with two attached hydrogens (primary N) is 1. The standard InChI is InChI=1S/C32H33FN2O6/c1-4-6-7-16-38-27-15-8-21(17-29(27)37-5-2)30-25-14-13-24(18-28(25)41-31(35)26(30)19-34)40-32(36)20(3)39-23-11-9-22(33)10-12-23/h8-15,17-18,20,30H,4-7,16,35H2,1-3H3. The molecule has 8 nitrogen and oxygen atoms in total. The van der Waals surface area contributed by atoms with Crippen LogP contribution in [0.3, 0.4) is 0 Å². The quantitative estimate of drug-likeness (QED) is 0.154. The van der Waals surface area contributed by atoms with Gasteiger partial charge in [0.05, 0.1) is 19.1 Å². The van der Waals surface area contributed by atoms with Gasteiger partial charge in [-0.25, -0.2) is 9.18 Å². The molecule has 0 aromatic heterocycles. The summed E-state index contributed by atoms with van der Waals surface area (Å²) in [4.78, 5) is 12.7. The molecule has 0 spiro atoms. The fourth-order valence-corrected chi connectivity index (χ4v) is 4.43. The third-order valence-electron chi connectivity index (χ3n) is 6.47. The van der Waals surface area contributed by atoms with Gasteiger partial charge in [0.2, 0.25) is 5.88 Å². The summed E-state index contributed by atoms with van der Waals surface area (Å²) in [5.41, 5.74) is 7.87. The third kappa shape index (κ3) is 7.09. The topological polar surface area (TPSA) is 113 Å². The van der Waals surface area contributed by atoms with Gasteiger partial charge in [0.15, 0.2) is 17.6 Å². The Hall–Kier alpha value is -4.71. The highest BCUT2D eigenvalue weighted by Gasteiger charge is 2.32. The van der Waals surface area contributed by atoms with Crippen molar-refractivity contribution in [3.63, 3.8) is 0 Å². The normalized spacial score (nSPS) is 14.8. The molecule has 0 fully saturated rings. The van der Waals surface area contributed by atoms with Crippen LogP contribution in [0.25, 0.3) is 0 Å². The molecule has 1 aliphatic heterocycles. The highest BCUT2D eigenvalue weighted by atomic mass is 19.1. The number of rotatable bonds is 12. The first-order valence-corrected chi connectivity index (χ1v) is 13.6. The summed E-state index contributed by atoms with van der Waals surface area (Å²) < 4.78 is 41.8. The average Bonchev–Trinajstić information content (AvgIpc) is 2.96. The molecular weight excluding hydrogens is 527 g/mol. The van der Waals surface area contributed by atoms with Gasteiger partial charge < -0.3 is 29.4 Å². The Morgan fingerprint density at radius 2 is 1.78 bits per heavy atom. The maximum atomic E-state index is 13.2. The molecular formula is C32H33FN2O6. The van der Waals surface area contributed by atoms with E-state index >= 15 is 0 Å². The van der Waals surface area contributed by atoms with Crippen LogP contribution in [-0.2, 0) is 4.79 Å². The fraction of sp³-hybridized carbons (Fsp3) is 0.312. The summed E-state index contributed by atoms with van der Waals surface area (Å²) in [6.07, 6.45) is 2.16. The van der Waals surface area contributed by atoms with E-state index in [1.54, 1.807) is 18.2 Å². The minimum atomic E-state index is -0.958. The molecule has 0 aliphatic carbocycles. The van der Waals surface area contributed by atoms with Crippen molar-refractivity contribution in [3.05, 3.63) is 89.1 Å². The lowest BCUT2D eigenvalue weighted by Crippen LogP contribution is -2.28. The number of allylic oxidation sites excluding steroid dienone is 1. The molecule has 0 amide bonds. The van der Waals surface area contributed by atoms with Crippen molar-refractivity contribution >= 4 is 5.97 Å². The van der Waals surface area contributed by atoms with Crippen LogP contribution in [0.5, 0.6) is 28.7 Å². The maximum absolute atomic E-state index is 13.2. The lowest BCUT2D eigenvalue weighted by atomic mass is 9.83. The van der Waals surface area contributed by atoms with Crippen molar-refractivity contribution in [2.45, 2.75) is 52.1 Å². The number of nitriles is 1. The van der Waals surface area contributed by atoms with E-state index in [9.17, 15) is 14.4 Å². The molecule has 4 rings (SSSR count). The molecule has 41 heavy (non-hydrogen) atoms. The molecule has 0 radical (unpaired) electrons. The largest absolute Gasteiger partial charge is 0.490 e. The average molecular weight is 561 g/mol. The van der Waals surface area contributed by atoms with E-state index in [-0.39, 0.29) is 17.2 Å². The van der Waals surface area contributed by atoms with E-state index in [2.05, 4.69) is 13.0 Å². The molecule has 2 N–H and O–H groups in total. The molecule has 3 aromatic rings. The first-order valence-electron chi connectivity index (χ1n) is 13.6. The van der Waals surface area contributed by atoms with Gasteiger partial charge >= 0.3 is 5.97 Å². The van der Waals surface area contributed by atoms with Crippen molar-refractivity contribution in [2.75, 3.05) is 13.2 Å². The number of ether oxygens (including phenoxy) is 5. The van der Waals surface area contributed by atoms with Crippen LogP contribution in [0.2, 0.25) is 0 Å². The Kier molecular flexibility index (Phi) is 9.69. The summed E-state index contributed by atoms with van der Waals surface area (Å²) in [6.45, 7) is 6.59. The van der Waals surface area contributed by atoms with Crippen LogP contribution in [0.15, 0.2) is 72.1 Å². The number of carbonyl (C=O) groups excluding carboxylic acids is 1. The number of fused-ring (bicyclic) bond motifs is 1. The molecule has 0 saturated carbocycles. The minimum absolute atomic E-state index is 0.0423. The van der Waals surface area contributed by atoms with Crippen molar-refractivity contribution < 1.29 is 32.9 Å². The first-order chi connectivity index (χ1) is 19.8. The Morgan fingerprint density at radius 3 is 2.49 bits per heavy atom. The van der Waals surface area contributed by atoms with Gasteiger partial charge in [0.25, 0.3) is 0 Å². The number of unbranched alkanes of at least 4 members (excludes halogenated alkanes) is 2. The number of benzene rings is 3. The Balaban J connectivity index is 1.57. The predicted octanol–water partition coefficient (Wildman–Crippen LogP) is 6.38. The van der Waals surface area contributed by atoms with Gasteiger partial charge in [-0.15, -0.1) is 0 Å². The zero-order chi connectivity index (χ0) is 29.4. The van der Waals surface area contributed by atoms with Gasteiger partial charge in [-0.05, 0) is 68.3 Å². The van der Waals surface area contributed by atoms with Crippen molar-refractivity contribution in [1.29, 1.82) is 5.26 Å². The highest BCUT2D eigenvalue weighted by molar-refractivity contribution is 5.77. The van der Waals surface area contributed by atoms with Gasteiger partial charge in [-0.3, -0.25) is 0 Å². The smallest absolute Gasteiger partial charge is 0.352 e. The monoisotopic (exact) mass is 560 g/mol. The molecule has 2 atom stereocenters. The van der Waals surface area contributed by atoms with Crippen LogP contribution in [0.4, 0.5) is 4.39 Å². The zero-order valence-electron chi connectivity index (χ0n) is 23.3. The second kappa shape index (κ2) is 13.6. The lowest BCUT2D eigenvalue weighted by molar-refractivity contribution is -0.141. The van der Waals surface area contributed by atoms with E-state index in [0.29, 0.717) is 41.8 Å². The zero-order valence-corrected chi connectivity index (χ0v) is 23.3. The summed E-state index contributed by atoms with van der Waals surface area (Å²) in [6, 6.07) is 18.0. The van der Waals surface area contributed by atoms with Crippen LogP contribution >= 0.6 is 0 Å². The molecule has 0 saturated heterocycles. The first kappa shape index (κ1) is 29.3. The molecule has 3 aromatic carbocycles. The number of carbonyl (C=O) groups is 1. The van der Waals surface area contributed by atoms with E-state index in [4.69, 9.17) is 29.4 Å². The predicted molar refractivity (Wildman–Crippen MR) is 150 cm³/mol. The molecule has 214 valence electrons. The highest BCUT2D eigenvalue weighted by Crippen LogP contribution is 2.45. The van der Waals surface area contributed by atoms with Crippen LogP contribution in [-0.4, -0.2) is 25.3 Å². The lowest BCUT2D eigenvalue weighted by Gasteiger charge is -2.27. The Labute approximate surface area is 239 Å². The van der Waals surface area contributed by atoms with Crippen molar-refractivity contribution in [1.82, 2.24) is 0 Å². The SMILES string of the molecule is CCCCCOc1ccc(C2C(C#N)=C(N)Oc3cc(OC(=O)C(C)Oc4ccc(F)cc4)ccc32)cc1OCC. The van der Waals surface area contributed by atoms with Crippen LogP contribution < -0.4 is 29.4 Å². The van der Waals surface area contributed by atoms with Gasteiger partial charge in [-0.1, -0.05) is 31.9 Å². The van der Waals surface area contributed by atoms with Crippen LogP contribution in [0.1, 0.15) is 57.1 Å². The summed E-state index contributed by atoms with van der Waals surface area (Å²) in [5.74, 6) is 0.454. The van der Waals surface area contributed by atoms with Gasteiger partial charge in [0.1, 0.15) is 34.7 Å². The van der Waals surface area contributed by atoms with E-state index in [0.717, 1.165) is 24.8 Å². The van der Waals surface area contributed by atoms with E-state index in [1.165, 1.54) is 31.2 Å². The van der Waals surface area contributed by atoms with Gasteiger partial charge in [-0.2, -0.15) is 5.26 Å². The molecule has 1 aliphatic rings. The summed E-state index contributed by atoms with van der Waals surface area (Å²) >= 11 is 0. The molecule has 0 bridgehead atoms. The number of hydrogen-bond acceptors (Lipinski definition) is 8. The minimum Gasteiger partial charge on any atom is -0.490 e. The van der Waals surface area contributed by atoms with E-state index in [1.807, 2.05) is 25.1 Å². The van der Waals surface area contributed by atoms with Crippen molar-refractivity contribution in [3.8, 4) is 34.8 Å². The Morgan fingerprint density at radius 1 is 1.02 bits per heavy atom. The number of nitrogens with zero attached hydrogens (tertiary/aromatic N) is 1. The third-order valence-corrected chi connectivity index (χ3v) is 6.47. The number of halogens is 1. The summed E-state index contributed by atoms with van der Waals surface area (Å²) in [5, 5.41) is 9.96. The number of esters is 1. The fourth-order valence-electron chi connectivity index (χ4n) is 4.43.